The smallest absolute Gasteiger partial charge is 0.317 e. The molecule has 40 heavy (non-hydrogen) atoms. The summed E-state index contributed by atoms with van der Waals surface area (Å²) in [7, 11) is -11.2. The number of rotatable bonds is 22. The van der Waals surface area contributed by atoms with Crippen molar-refractivity contribution in [3.05, 3.63) is 35.9 Å². The molecule has 0 saturated carbocycles. The van der Waals surface area contributed by atoms with Crippen LogP contribution in [0.3, 0.4) is 0 Å². The molecule has 0 fully saturated rings. The zero-order valence-corrected chi connectivity index (χ0v) is 32.0. The van der Waals surface area contributed by atoms with E-state index in [4.69, 9.17) is 22.2 Å². The second-order valence-electron chi connectivity index (χ2n) is 13.2. The fourth-order valence-electron chi connectivity index (χ4n) is 4.79. The Morgan fingerprint density at radius 3 is 1.55 bits per heavy atom. The van der Waals surface area contributed by atoms with E-state index in [1.807, 2.05) is 30.3 Å². The zero-order valence-electron chi connectivity index (χ0n) is 27.0. The van der Waals surface area contributed by atoms with Crippen LogP contribution in [0.2, 0.25) is 77.6 Å². The summed E-state index contributed by atoms with van der Waals surface area (Å²) in [6.07, 6.45) is -0.502. The molecule has 0 aliphatic carbocycles. The third-order valence-corrected chi connectivity index (χ3v) is 23.9. The molecule has 0 aliphatic rings. The minimum Gasteiger partial charge on any atom is -0.437 e. The summed E-state index contributed by atoms with van der Waals surface area (Å²) >= 11 is 0. The number of nitrogens with one attached hydrogen (secondary N) is 3. The molecule has 1 aromatic carbocycles. The molecule has 0 spiro atoms. The van der Waals surface area contributed by atoms with Crippen molar-refractivity contribution in [1.29, 1.82) is 0 Å². The van der Waals surface area contributed by atoms with Crippen LogP contribution < -0.4 is 21.7 Å². The second-order valence-corrected chi connectivity index (χ2v) is 33.3. The SMILES string of the molecule is C[Si](C)(C)O[Si](C)(CCNCCN)O[Si](C)(C)O[Si](C)(CCNCCNCC(O)c1ccccc1)O[Si](C)(C)C. The molecule has 1 rings (SSSR count). The van der Waals surface area contributed by atoms with Gasteiger partial charge in [-0.25, -0.2) is 0 Å². The highest BCUT2D eigenvalue weighted by atomic mass is 28.5. The van der Waals surface area contributed by atoms with Gasteiger partial charge in [-0.05, 0) is 84.1 Å². The molecule has 6 N–H and O–H groups in total. The van der Waals surface area contributed by atoms with Crippen molar-refractivity contribution in [1.82, 2.24) is 16.0 Å². The first-order chi connectivity index (χ1) is 18.4. The number of aliphatic hydroxyl groups is 1. The van der Waals surface area contributed by atoms with Gasteiger partial charge in [0, 0.05) is 44.8 Å². The predicted molar refractivity (Wildman–Crippen MR) is 180 cm³/mol. The molecule has 9 nitrogen and oxygen atoms in total. The lowest BCUT2D eigenvalue weighted by atomic mass is 10.1. The van der Waals surface area contributed by atoms with Crippen LogP contribution in [0.4, 0.5) is 0 Å². The van der Waals surface area contributed by atoms with E-state index in [-0.39, 0.29) is 0 Å². The van der Waals surface area contributed by atoms with Gasteiger partial charge in [0.1, 0.15) is 0 Å². The Morgan fingerprint density at radius 2 is 1.10 bits per heavy atom. The Labute approximate surface area is 250 Å². The summed E-state index contributed by atoms with van der Waals surface area (Å²) in [6, 6.07) is 11.5. The third kappa shape index (κ3) is 17.8. The summed E-state index contributed by atoms with van der Waals surface area (Å²) in [5.41, 5.74) is 6.60. The summed E-state index contributed by atoms with van der Waals surface area (Å²) in [6.45, 7) is 27.2. The van der Waals surface area contributed by atoms with Crippen molar-refractivity contribution in [2.45, 2.75) is 83.7 Å². The van der Waals surface area contributed by atoms with Gasteiger partial charge in [0.25, 0.3) is 0 Å². The van der Waals surface area contributed by atoms with E-state index in [2.05, 4.69) is 81.4 Å². The molecule has 0 bridgehead atoms. The Balaban J connectivity index is 2.71. The van der Waals surface area contributed by atoms with Gasteiger partial charge in [-0.15, -0.1) is 0 Å². The van der Waals surface area contributed by atoms with Crippen LogP contribution in [0.25, 0.3) is 0 Å². The normalized spacial score (nSPS) is 16.9. The Morgan fingerprint density at radius 1 is 0.650 bits per heavy atom. The molecule has 3 atom stereocenters. The fraction of sp³-hybridized carbons (Fsp3) is 0.769. The molecule has 0 amide bonds. The predicted octanol–water partition coefficient (Wildman–Crippen LogP) is 4.03. The molecule has 0 saturated heterocycles. The summed E-state index contributed by atoms with van der Waals surface area (Å²) in [4.78, 5) is 0. The van der Waals surface area contributed by atoms with Gasteiger partial charge in [0.05, 0.1) is 6.10 Å². The van der Waals surface area contributed by atoms with Crippen molar-refractivity contribution in [3.8, 4) is 0 Å². The van der Waals surface area contributed by atoms with Crippen molar-refractivity contribution in [3.63, 3.8) is 0 Å². The Hall–Kier alpha value is -0.0556. The molecule has 0 aromatic heterocycles. The highest BCUT2D eigenvalue weighted by molar-refractivity contribution is 6.90. The minimum atomic E-state index is -2.57. The molecule has 3 unspecified atom stereocenters. The Bertz CT molecular complexity index is 832. The van der Waals surface area contributed by atoms with Crippen molar-refractivity contribution in [2.24, 2.45) is 5.73 Å². The molecule has 234 valence electrons. The van der Waals surface area contributed by atoms with Crippen molar-refractivity contribution < 1.29 is 21.6 Å². The molecular weight excluding hydrogens is 589 g/mol. The summed E-state index contributed by atoms with van der Waals surface area (Å²) in [5, 5.41) is 20.6. The van der Waals surface area contributed by atoms with Gasteiger partial charge >= 0.3 is 25.7 Å². The summed E-state index contributed by atoms with van der Waals surface area (Å²) < 4.78 is 27.4. The average molecular weight is 649 g/mol. The third-order valence-electron chi connectivity index (χ3n) is 5.80. The van der Waals surface area contributed by atoms with Gasteiger partial charge in [-0.1, -0.05) is 30.3 Å². The van der Waals surface area contributed by atoms with Gasteiger partial charge in [-0.2, -0.15) is 0 Å². The molecule has 0 heterocycles. The number of aliphatic hydroxyl groups excluding tert-OH is 1. The molecule has 1 aromatic rings. The van der Waals surface area contributed by atoms with Crippen LogP contribution in [0.5, 0.6) is 0 Å². The molecular formula is C26H60N4O5Si5. The largest absolute Gasteiger partial charge is 0.437 e. The first-order valence-corrected chi connectivity index (χ1v) is 29.4. The quantitative estimate of drug-likeness (QED) is 0.0938. The number of benzene rings is 1. The standard InChI is InChI=1S/C26H60N4O5Si5/c1-36(2,3)32-39(9,22-20-28-17-16-27)34-38(7,8)35-40(10,33-37(4,5)6)23-21-29-18-19-30-24-26(31)25-14-12-11-13-15-25/h11-15,26,28-31H,16-24,27H2,1-10H3. The van der Waals surface area contributed by atoms with Crippen molar-refractivity contribution >= 4 is 42.3 Å². The first-order valence-electron chi connectivity index (χ1n) is 14.7. The number of hydrogen-bond donors (Lipinski definition) is 5. The lowest BCUT2D eigenvalue weighted by Crippen LogP contribution is -2.60. The number of hydrogen-bond acceptors (Lipinski definition) is 9. The fourth-order valence-corrected chi connectivity index (χ4v) is 28.0. The van der Waals surface area contributed by atoms with Gasteiger partial charge in [0.15, 0.2) is 16.6 Å². The van der Waals surface area contributed by atoms with Crippen LogP contribution in [-0.4, -0.2) is 93.2 Å². The van der Waals surface area contributed by atoms with Crippen LogP contribution in [0.1, 0.15) is 11.7 Å². The zero-order chi connectivity index (χ0) is 30.5. The van der Waals surface area contributed by atoms with Crippen LogP contribution in [0, 0.1) is 0 Å². The van der Waals surface area contributed by atoms with Gasteiger partial charge in [0.2, 0.25) is 0 Å². The van der Waals surface area contributed by atoms with E-state index in [1.54, 1.807) is 0 Å². The van der Waals surface area contributed by atoms with E-state index in [9.17, 15) is 5.11 Å². The van der Waals surface area contributed by atoms with Crippen LogP contribution >= 0.6 is 0 Å². The Kier molecular flexibility index (Phi) is 16.4. The monoisotopic (exact) mass is 648 g/mol. The highest BCUT2D eigenvalue weighted by Crippen LogP contribution is 2.29. The van der Waals surface area contributed by atoms with Crippen LogP contribution in [0.15, 0.2) is 30.3 Å². The highest BCUT2D eigenvalue weighted by Gasteiger charge is 2.47. The van der Waals surface area contributed by atoms with E-state index >= 15 is 0 Å². The summed E-state index contributed by atoms with van der Waals surface area (Å²) in [5.74, 6) is 0. The number of nitrogens with two attached hydrogens (primary N) is 1. The maximum absolute atomic E-state index is 10.3. The molecule has 14 heteroatoms. The minimum absolute atomic E-state index is 0.502. The maximum atomic E-state index is 10.3. The van der Waals surface area contributed by atoms with E-state index in [0.717, 1.165) is 50.4 Å². The van der Waals surface area contributed by atoms with Gasteiger partial charge in [-0.3, -0.25) is 0 Å². The first kappa shape index (κ1) is 38.0. The van der Waals surface area contributed by atoms with E-state index < -0.39 is 48.4 Å². The van der Waals surface area contributed by atoms with Gasteiger partial charge < -0.3 is 43.3 Å². The van der Waals surface area contributed by atoms with Crippen molar-refractivity contribution in [2.75, 3.05) is 45.8 Å². The lowest BCUT2D eigenvalue weighted by Gasteiger charge is -2.43. The van der Waals surface area contributed by atoms with Crippen LogP contribution in [-0.2, 0) is 16.5 Å². The van der Waals surface area contributed by atoms with E-state index in [0.29, 0.717) is 13.1 Å². The topological polar surface area (TPSA) is 119 Å². The maximum Gasteiger partial charge on any atom is 0.317 e. The average Bonchev–Trinajstić information content (AvgIpc) is 2.78. The second kappa shape index (κ2) is 17.3. The molecule has 0 radical (unpaired) electrons. The molecule has 0 aliphatic heterocycles. The lowest BCUT2D eigenvalue weighted by molar-refractivity contribution is 0.175. The van der Waals surface area contributed by atoms with E-state index in [1.165, 1.54) is 0 Å².